The molecule has 0 aliphatic carbocycles. The maximum Gasteiger partial charge on any atom is 0.142 e. The zero-order valence-electron chi connectivity index (χ0n) is 12.3. The molecule has 0 fully saturated rings. The van der Waals surface area contributed by atoms with Crippen molar-refractivity contribution in [1.82, 2.24) is 5.32 Å². The van der Waals surface area contributed by atoms with Crippen molar-refractivity contribution < 1.29 is 4.39 Å². The Bertz CT molecular complexity index is 655. The van der Waals surface area contributed by atoms with Crippen LogP contribution in [0.3, 0.4) is 0 Å². The molecule has 0 saturated heterocycles. The minimum atomic E-state index is -0.419. The van der Waals surface area contributed by atoms with Gasteiger partial charge < -0.3 is 5.32 Å². The van der Waals surface area contributed by atoms with Gasteiger partial charge in [-0.1, -0.05) is 42.3 Å². The highest BCUT2D eigenvalue weighted by Crippen LogP contribution is 2.32. The Hall–Kier alpha value is -1.09. The molecule has 112 valence electrons. The molecule has 0 aliphatic rings. The zero-order chi connectivity index (χ0) is 15.6. The van der Waals surface area contributed by atoms with Crippen molar-refractivity contribution >= 4 is 23.2 Å². The van der Waals surface area contributed by atoms with Gasteiger partial charge in [-0.05, 0) is 60.8 Å². The molecule has 0 saturated carbocycles. The number of hydrogen-bond donors (Lipinski definition) is 1. The molecule has 0 aromatic heterocycles. The van der Waals surface area contributed by atoms with Crippen LogP contribution in [0.4, 0.5) is 4.39 Å². The van der Waals surface area contributed by atoms with Gasteiger partial charge in [0.05, 0.1) is 11.1 Å². The van der Waals surface area contributed by atoms with E-state index in [2.05, 4.69) is 11.4 Å². The first-order chi connectivity index (χ1) is 9.93. The smallest absolute Gasteiger partial charge is 0.142 e. The van der Waals surface area contributed by atoms with Gasteiger partial charge in [-0.2, -0.15) is 0 Å². The van der Waals surface area contributed by atoms with E-state index in [1.165, 1.54) is 6.07 Å². The fourth-order valence-corrected chi connectivity index (χ4v) is 2.77. The van der Waals surface area contributed by atoms with Gasteiger partial charge in [-0.15, -0.1) is 0 Å². The van der Waals surface area contributed by atoms with Crippen LogP contribution in [0.1, 0.15) is 35.2 Å². The van der Waals surface area contributed by atoms with E-state index in [9.17, 15) is 4.39 Å². The first-order valence-electron chi connectivity index (χ1n) is 6.89. The first kappa shape index (κ1) is 16.3. The summed E-state index contributed by atoms with van der Waals surface area (Å²) in [4.78, 5) is 0. The summed E-state index contributed by atoms with van der Waals surface area (Å²) < 4.78 is 13.7. The second-order valence-electron chi connectivity index (χ2n) is 5.12. The van der Waals surface area contributed by atoms with E-state index in [1.807, 2.05) is 32.9 Å². The summed E-state index contributed by atoms with van der Waals surface area (Å²) in [6.07, 6.45) is 0. The van der Waals surface area contributed by atoms with Crippen molar-refractivity contribution in [3.8, 4) is 0 Å². The van der Waals surface area contributed by atoms with Gasteiger partial charge in [-0.25, -0.2) is 4.39 Å². The van der Waals surface area contributed by atoms with Crippen LogP contribution < -0.4 is 5.32 Å². The quantitative estimate of drug-likeness (QED) is 0.788. The molecule has 0 bridgehead atoms. The Kier molecular flexibility index (Phi) is 5.26. The second-order valence-corrected chi connectivity index (χ2v) is 5.94. The molecular weight excluding hydrogens is 308 g/mol. The van der Waals surface area contributed by atoms with Crippen molar-refractivity contribution in [2.45, 2.75) is 26.8 Å². The normalized spacial score (nSPS) is 12.5. The van der Waals surface area contributed by atoms with Crippen LogP contribution in [0.2, 0.25) is 10.0 Å². The highest BCUT2D eigenvalue weighted by atomic mass is 35.5. The lowest BCUT2D eigenvalue weighted by Gasteiger charge is -2.21. The summed E-state index contributed by atoms with van der Waals surface area (Å²) in [5, 5.41) is 4.16. The van der Waals surface area contributed by atoms with E-state index in [4.69, 9.17) is 23.2 Å². The maximum absolute atomic E-state index is 13.7. The molecule has 2 aromatic carbocycles. The number of hydrogen-bond acceptors (Lipinski definition) is 1. The maximum atomic E-state index is 13.7. The molecular formula is C17H18Cl2FN. The van der Waals surface area contributed by atoms with Crippen molar-refractivity contribution in [2.75, 3.05) is 6.54 Å². The van der Waals surface area contributed by atoms with E-state index >= 15 is 0 Å². The Morgan fingerprint density at radius 2 is 1.71 bits per heavy atom. The molecule has 0 amide bonds. The molecule has 0 aliphatic heterocycles. The van der Waals surface area contributed by atoms with Gasteiger partial charge in [0.2, 0.25) is 0 Å². The summed E-state index contributed by atoms with van der Waals surface area (Å²) in [7, 11) is 0. The average Bonchev–Trinajstić information content (AvgIpc) is 2.44. The van der Waals surface area contributed by atoms with Gasteiger partial charge in [-0.3, -0.25) is 0 Å². The summed E-state index contributed by atoms with van der Waals surface area (Å²) in [6, 6.07) is 8.70. The third kappa shape index (κ3) is 3.57. The van der Waals surface area contributed by atoms with E-state index in [1.54, 1.807) is 6.07 Å². The minimum absolute atomic E-state index is 0.125. The molecule has 2 rings (SSSR count). The van der Waals surface area contributed by atoms with Crippen molar-refractivity contribution in [3.05, 3.63) is 68.4 Å². The third-order valence-corrected chi connectivity index (χ3v) is 4.24. The average molecular weight is 326 g/mol. The third-order valence-electron chi connectivity index (χ3n) is 3.61. The predicted octanol–water partition coefficient (Wildman–Crippen LogP) is 5.45. The highest BCUT2D eigenvalue weighted by Gasteiger charge is 2.18. The lowest BCUT2D eigenvalue weighted by atomic mass is 9.95. The van der Waals surface area contributed by atoms with Gasteiger partial charge in [0, 0.05) is 5.02 Å². The number of nitrogens with one attached hydrogen (secondary N) is 1. The molecule has 2 aromatic rings. The standard InChI is InChI=1S/C17H18Cl2FN/c1-4-21-17(12-5-6-14(18)16(20)9-12)13-7-10(2)11(3)8-15(13)19/h5-9,17,21H,4H2,1-3H3. The summed E-state index contributed by atoms with van der Waals surface area (Å²) in [5.41, 5.74) is 4.06. The van der Waals surface area contributed by atoms with Gasteiger partial charge in [0.25, 0.3) is 0 Å². The SMILES string of the molecule is CCNC(c1ccc(Cl)c(F)c1)c1cc(C)c(C)cc1Cl. The molecule has 0 radical (unpaired) electrons. The number of benzene rings is 2. The minimum Gasteiger partial charge on any atom is -0.306 e. The predicted molar refractivity (Wildman–Crippen MR) is 87.9 cm³/mol. The lowest BCUT2D eigenvalue weighted by molar-refractivity contribution is 0.603. The number of aryl methyl sites for hydroxylation is 2. The molecule has 1 N–H and O–H groups in total. The van der Waals surface area contributed by atoms with Crippen molar-refractivity contribution in [2.24, 2.45) is 0 Å². The Balaban J connectivity index is 2.52. The van der Waals surface area contributed by atoms with Crippen LogP contribution in [0.25, 0.3) is 0 Å². The van der Waals surface area contributed by atoms with Crippen molar-refractivity contribution in [1.29, 1.82) is 0 Å². The van der Waals surface area contributed by atoms with Gasteiger partial charge in [0.15, 0.2) is 0 Å². The largest absolute Gasteiger partial charge is 0.306 e. The molecule has 0 heterocycles. The Morgan fingerprint density at radius 1 is 1.05 bits per heavy atom. The summed E-state index contributed by atoms with van der Waals surface area (Å²) >= 11 is 12.2. The van der Waals surface area contributed by atoms with Crippen LogP contribution >= 0.6 is 23.2 Å². The van der Waals surface area contributed by atoms with Gasteiger partial charge >= 0.3 is 0 Å². The lowest BCUT2D eigenvalue weighted by Crippen LogP contribution is -2.22. The number of halogens is 3. The molecule has 1 unspecified atom stereocenters. The van der Waals surface area contributed by atoms with Crippen molar-refractivity contribution in [3.63, 3.8) is 0 Å². The molecule has 1 nitrogen and oxygen atoms in total. The monoisotopic (exact) mass is 325 g/mol. The molecule has 4 heteroatoms. The number of rotatable bonds is 4. The van der Waals surface area contributed by atoms with E-state index in [-0.39, 0.29) is 11.1 Å². The molecule has 1 atom stereocenters. The Labute approximate surface area is 135 Å². The van der Waals surface area contributed by atoms with Crippen LogP contribution in [0.15, 0.2) is 30.3 Å². The topological polar surface area (TPSA) is 12.0 Å². The fourth-order valence-electron chi connectivity index (χ4n) is 2.33. The second kappa shape index (κ2) is 6.78. The van der Waals surface area contributed by atoms with E-state index in [0.717, 1.165) is 28.8 Å². The van der Waals surface area contributed by atoms with Gasteiger partial charge in [0.1, 0.15) is 5.82 Å². The van der Waals surface area contributed by atoms with E-state index in [0.29, 0.717) is 5.02 Å². The van der Waals surface area contributed by atoms with E-state index < -0.39 is 5.82 Å². The first-order valence-corrected chi connectivity index (χ1v) is 7.64. The van der Waals surface area contributed by atoms with Crippen LogP contribution in [-0.4, -0.2) is 6.54 Å². The fraction of sp³-hybridized carbons (Fsp3) is 0.294. The highest BCUT2D eigenvalue weighted by molar-refractivity contribution is 6.31. The van der Waals surface area contributed by atoms with Crippen LogP contribution in [0, 0.1) is 19.7 Å². The summed E-state index contributed by atoms with van der Waals surface area (Å²) in [6.45, 7) is 6.82. The zero-order valence-corrected chi connectivity index (χ0v) is 13.8. The van der Waals surface area contributed by atoms with Crippen LogP contribution in [0.5, 0.6) is 0 Å². The summed E-state index contributed by atoms with van der Waals surface area (Å²) in [5.74, 6) is -0.419. The Morgan fingerprint density at radius 3 is 2.33 bits per heavy atom. The molecule has 0 spiro atoms. The molecule has 21 heavy (non-hydrogen) atoms. The van der Waals surface area contributed by atoms with Crippen LogP contribution in [-0.2, 0) is 0 Å².